The quantitative estimate of drug-likeness (QED) is 0.777. The number of aromatic nitrogens is 1. The Labute approximate surface area is 114 Å². The summed E-state index contributed by atoms with van der Waals surface area (Å²) in [6.45, 7) is 6.45. The van der Waals surface area contributed by atoms with Crippen molar-refractivity contribution in [1.82, 2.24) is 9.88 Å². The van der Waals surface area contributed by atoms with Crippen molar-refractivity contribution in [3.8, 4) is 0 Å². The van der Waals surface area contributed by atoms with Crippen LogP contribution in [-0.4, -0.2) is 28.1 Å². The summed E-state index contributed by atoms with van der Waals surface area (Å²) in [4.78, 5) is 18.3. The molecule has 1 saturated heterocycles. The van der Waals surface area contributed by atoms with Gasteiger partial charge in [0.2, 0.25) is 0 Å². The maximum Gasteiger partial charge on any atom is 0.410 e. The fourth-order valence-electron chi connectivity index (χ4n) is 2.39. The van der Waals surface area contributed by atoms with E-state index in [1.165, 1.54) is 0 Å². The van der Waals surface area contributed by atoms with E-state index in [1.54, 1.807) is 6.20 Å². The summed E-state index contributed by atoms with van der Waals surface area (Å²) in [5.41, 5.74) is 0.640. The number of piperidine rings is 1. The van der Waals surface area contributed by atoms with E-state index >= 15 is 0 Å². The van der Waals surface area contributed by atoms with Gasteiger partial charge in [0.1, 0.15) is 5.60 Å². The summed E-state index contributed by atoms with van der Waals surface area (Å²) in [6, 6.07) is 4.04. The second-order valence-electron chi connectivity index (χ2n) is 5.97. The van der Waals surface area contributed by atoms with Gasteiger partial charge in [0.15, 0.2) is 0 Å². The maximum atomic E-state index is 12.3. The molecule has 1 atom stereocenters. The number of carbonyl (C=O) groups is 1. The van der Waals surface area contributed by atoms with Crippen LogP contribution in [0.1, 0.15) is 51.6 Å². The molecule has 4 heteroatoms. The van der Waals surface area contributed by atoms with Crippen molar-refractivity contribution >= 4 is 6.09 Å². The van der Waals surface area contributed by atoms with Crippen LogP contribution in [0.5, 0.6) is 0 Å². The highest BCUT2D eigenvalue weighted by molar-refractivity contribution is 5.69. The molecule has 1 aliphatic rings. The molecule has 1 unspecified atom stereocenters. The molecule has 0 N–H and O–H groups in total. The lowest BCUT2D eigenvalue weighted by molar-refractivity contribution is 0.00948. The lowest BCUT2D eigenvalue weighted by atomic mass is 9.97. The smallest absolute Gasteiger partial charge is 0.410 e. The van der Waals surface area contributed by atoms with Gasteiger partial charge in [-0.05, 0) is 51.7 Å². The maximum absolute atomic E-state index is 12.3. The number of hydrogen-bond donors (Lipinski definition) is 0. The predicted octanol–water partition coefficient (Wildman–Crippen LogP) is 3.54. The van der Waals surface area contributed by atoms with Gasteiger partial charge in [0, 0.05) is 18.9 Å². The largest absolute Gasteiger partial charge is 0.444 e. The van der Waals surface area contributed by atoms with Gasteiger partial charge in [-0.3, -0.25) is 4.98 Å². The van der Waals surface area contributed by atoms with Gasteiger partial charge in [-0.1, -0.05) is 6.07 Å². The number of nitrogens with zero attached hydrogens (tertiary/aromatic N) is 2. The zero-order valence-electron chi connectivity index (χ0n) is 11.9. The van der Waals surface area contributed by atoms with E-state index in [4.69, 9.17) is 4.74 Å². The third-order valence-corrected chi connectivity index (χ3v) is 3.20. The van der Waals surface area contributed by atoms with E-state index < -0.39 is 5.60 Å². The normalized spacial score (nSPS) is 20.2. The van der Waals surface area contributed by atoms with E-state index in [9.17, 15) is 4.79 Å². The lowest BCUT2D eigenvalue weighted by Gasteiger charge is -2.36. The van der Waals surface area contributed by atoms with Crippen molar-refractivity contribution in [2.45, 2.75) is 51.7 Å². The highest BCUT2D eigenvalue weighted by Crippen LogP contribution is 2.31. The molecule has 2 rings (SSSR count). The first kappa shape index (κ1) is 13.8. The fourth-order valence-corrected chi connectivity index (χ4v) is 2.39. The van der Waals surface area contributed by atoms with Crippen LogP contribution < -0.4 is 0 Å². The number of amides is 1. The average molecular weight is 262 g/mol. The van der Waals surface area contributed by atoms with Crippen LogP contribution in [0, 0.1) is 0 Å². The molecule has 2 heterocycles. The van der Waals surface area contributed by atoms with Crippen molar-refractivity contribution in [1.29, 1.82) is 0 Å². The first-order valence-electron chi connectivity index (χ1n) is 6.87. The SMILES string of the molecule is CC(C)(C)OC(=O)N1CCCCC1c1cccnc1. The summed E-state index contributed by atoms with van der Waals surface area (Å²) >= 11 is 0. The highest BCUT2D eigenvalue weighted by atomic mass is 16.6. The summed E-state index contributed by atoms with van der Waals surface area (Å²) in [5.74, 6) is 0. The Balaban J connectivity index is 2.15. The Morgan fingerprint density at radius 3 is 2.84 bits per heavy atom. The van der Waals surface area contributed by atoms with Crippen LogP contribution in [0.3, 0.4) is 0 Å². The van der Waals surface area contributed by atoms with Crippen molar-refractivity contribution in [2.75, 3.05) is 6.54 Å². The van der Waals surface area contributed by atoms with E-state index in [0.29, 0.717) is 0 Å². The Morgan fingerprint density at radius 2 is 2.21 bits per heavy atom. The molecule has 104 valence electrons. The zero-order valence-corrected chi connectivity index (χ0v) is 11.9. The van der Waals surface area contributed by atoms with Crippen molar-refractivity contribution in [2.24, 2.45) is 0 Å². The summed E-state index contributed by atoms with van der Waals surface area (Å²) in [7, 11) is 0. The number of ether oxygens (including phenoxy) is 1. The first-order valence-corrected chi connectivity index (χ1v) is 6.87. The monoisotopic (exact) mass is 262 g/mol. The average Bonchev–Trinajstić information content (AvgIpc) is 2.38. The van der Waals surface area contributed by atoms with Crippen molar-refractivity contribution in [3.63, 3.8) is 0 Å². The van der Waals surface area contributed by atoms with Crippen LogP contribution in [0.2, 0.25) is 0 Å². The van der Waals surface area contributed by atoms with Gasteiger partial charge in [-0.15, -0.1) is 0 Å². The fraction of sp³-hybridized carbons (Fsp3) is 0.600. The minimum Gasteiger partial charge on any atom is -0.444 e. The number of carbonyl (C=O) groups excluding carboxylic acids is 1. The third kappa shape index (κ3) is 3.69. The molecule has 0 spiro atoms. The van der Waals surface area contributed by atoms with Gasteiger partial charge < -0.3 is 9.64 Å². The zero-order chi connectivity index (χ0) is 13.9. The molecule has 1 aromatic rings. The van der Waals surface area contributed by atoms with Crippen LogP contribution in [0.25, 0.3) is 0 Å². The summed E-state index contributed by atoms with van der Waals surface area (Å²) < 4.78 is 5.50. The lowest BCUT2D eigenvalue weighted by Crippen LogP contribution is -2.41. The molecule has 19 heavy (non-hydrogen) atoms. The van der Waals surface area contributed by atoms with E-state index in [-0.39, 0.29) is 12.1 Å². The van der Waals surface area contributed by atoms with Crippen LogP contribution in [-0.2, 0) is 4.74 Å². The molecule has 1 aromatic heterocycles. The Hall–Kier alpha value is -1.58. The van der Waals surface area contributed by atoms with Gasteiger partial charge in [0.05, 0.1) is 6.04 Å². The van der Waals surface area contributed by atoms with E-state index in [1.807, 2.05) is 44.0 Å². The first-order chi connectivity index (χ1) is 8.97. The van der Waals surface area contributed by atoms with Crippen LogP contribution in [0.4, 0.5) is 4.79 Å². The molecular weight excluding hydrogens is 240 g/mol. The third-order valence-electron chi connectivity index (χ3n) is 3.20. The van der Waals surface area contributed by atoms with Gasteiger partial charge >= 0.3 is 6.09 Å². The number of hydrogen-bond acceptors (Lipinski definition) is 3. The predicted molar refractivity (Wildman–Crippen MR) is 73.8 cm³/mol. The molecule has 1 aliphatic heterocycles. The molecule has 1 fully saturated rings. The minimum atomic E-state index is -0.450. The minimum absolute atomic E-state index is 0.0947. The van der Waals surface area contributed by atoms with Gasteiger partial charge in [-0.2, -0.15) is 0 Å². The molecule has 0 bridgehead atoms. The number of rotatable bonds is 1. The van der Waals surface area contributed by atoms with Crippen LogP contribution >= 0.6 is 0 Å². The van der Waals surface area contributed by atoms with E-state index in [2.05, 4.69) is 4.98 Å². The molecule has 1 amide bonds. The van der Waals surface area contributed by atoms with Gasteiger partial charge in [-0.25, -0.2) is 4.79 Å². The van der Waals surface area contributed by atoms with Crippen molar-refractivity contribution in [3.05, 3.63) is 30.1 Å². The Kier molecular flexibility index (Phi) is 4.08. The van der Waals surface area contributed by atoms with Crippen molar-refractivity contribution < 1.29 is 9.53 Å². The summed E-state index contributed by atoms with van der Waals surface area (Å²) in [6.07, 6.45) is 6.53. The van der Waals surface area contributed by atoms with E-state index in [0.717, 1.165) is 31.4 Å². The standard InChI is InChI=1S/C15H22N2O2/c1-15(2,3)19-14(18)17-10-5-4-8-13(17)12-7-6-9-16-11-12/h6-7,9,11,13H,4-5,8,10H2,1-3H3. The molecule has 0 aliphatic carbocycles. The molecule has 4 nitrogen and oxygen atoms in total. The molecule has 0 radical (unpaired) electrons. The highest BCUT2D eigenvalue weighted by Gasteiger charge is 2.31. The summed E-state index contributed by atoms with van der Waals surface area (Å²) in [5, 5.41) is 0. The van der Waals surface area contributed by atoms with Crippen LogP contribution in [0.15, 0.2) is 24.5 Å². The second kappa shape index (κ2) is 5.59. The Bertz CT molecular complexity index is 426. The number of likely N-dealkylation sites (tertiary alicyclic amines) is 1. The molecular formula is C15H22N2O2. The Morgan fingerprint density at radius 1 is 1.42 bits per heavy atom. The topological polar surface area (TPSA) is 42.4 Å². The molecule has 0 aromatic carbocycles. The van der Waals surface area contributed by atoms with Gasteiger partial charge in [0.25, 0.3) is 0 Å². The number of pyridine rings is 1. The second-order valence-corrected chi connectivity index (χ2v) is 5.97. The molecule has 0 saturated carbocycles.